The first-order chi connectivity index (χ1) is 10.3. The van der Waals surface area contributed by atoms with Crippen molar-refractivity contribution >= 4 is 12.4 Å². The van der Waals surface area contributed by atoms with Crippen LogP contribution in [0.1, 0.15) is 42.5 Å². The Morgan fingerprint density at radius 3 is 2.68 bits per heavy atom. The first-order valence-corrected chi connectivity index (χ1v) is 7.62. The fraction of sp³-hybridized carbons (Fsp3) is 0.500. The van der Waals surface area contributed by atoms with E-state index >= 15 is 0 Å². The molecule has 0 saturated heterocycles. The Kier molecular flexibility index (Phi) is 6.21. The van der Waals surface area contributed by atoms with Gasteiger partial charge in [0.1, 0.15) is 6.10 Å². The van der Waals surface area contributed by atoms with Gasteiger partial charge in [-0.25, -0.2) is 4.98 Å². The summed E-state index contributed by atoms with van der Waals surface area (Å²) in [6, 6.07) is 4.05. The van der Waals surface area contributed by atoms with Gasteiger partial charge in [0.15, 0.2) is 0 Å². The van der Waals surface area contributed by atoms with Crippen LogP contribution in [0.5, 0.6) is 5.88 Å². The predicted octanol–water partition coefficient (Wildman–Crippen LogP) is 3.15. The van der Waals surface area contributed by atoms with Gasteiger partial charge in [0.05, 0.1) is 6.20 Å². The van der Waals surface area contributed by atoms with Crippen LogP contribution in [0.2, 0.25) is 0 Å². The number of ether oxygens (including phenoxy) is 1. The van der Waals surface area contributed by atoms with Crippen molar-refractivity contribution in [3.63, 3.8) is 0 Å². The Morgan fingerprint density at radius 1 is 1.23 bits per heavy atom. The number of nitrogens with one attached hydrogen (secondary N) is 2. The number of halogens is 1. The Hall–Kier alpha value is -1.59. The second-order valence-electron chi connectivity index (χ2n) is 5.65. The Labute approximate surface area is 137 Å². The number of hydrogen-bond acceptors (Lipinski definition) is 4. The molecule has 2 heterocycles. The molecule has 0 bridgehead atoms. The van der Waals surface area contributed by atoms with Gasteiger partial charge in [-0.2, -0.15) is 5.10 Å². The van der Waals surface area contributed by atoms with Gasteiger partial charge in [0, 0.05) is 36.6 Å². The number of aromatic amines is 1. The van der Waals surface area contributed by atoms with Crippen LogP contribution in [0.25, 0.3) is 0 Å². The van der Waals surface area contributed by atoms with Crippen molar-refractivity contribution in [3.05, 3.63) is 41.3 Å². The highest BCUT2D eigenvalue weighted by Gasteiger charge is 2.16. The van der Waals surface area contributed by atoms with Crippen molar-refractivity contribution in [1.82, 2.24) is 20.5 Å². The van der Waals surface area contributed by atoms with Gasteiger partial charge in [-0.15, -0.1) is 12.4 Å². The molecule has 2 aromatic rings. The fourth-order valence-electron chi connectivity index (χ4n) is 2.66. The predicted molar refractivity (Wildman–Crippen MR) is 88.2 cm³/mol. The number of rotatable bonds is 6. The maximum absolute atomic E-state index is 5.87. The molecule has 2 N–H and O–H groups in total. The summed E-state index contributed by atoms with van der Waals surface area (Å²) in [6.07, 6.45) is 8.99. The van der Waals surface area contributed by atoms with Gasteiger partial charge in [-0.05, 0) is 38.2 Å². The lowest BCUT2D eigenvalue weighted by molar-refractivity contribution is 0.201. The first kappa shape index (κ1) is 16.8. The Bertz CT molecular complexity index is 564. The van der Waals surface area contributed by atoms with Gasteiger partial charge in [0.25, 0.3) is 0 Å². The Balaban J connectivity index is 0.00000176. The highest BCUT2D eigenvalue weighted by molar-refractivity contribution is 5.85. The Morgan fingerprint density at radius 2 is 2.05 bits per heavy atom. The number of H-pyrrole nitrogens is 1. The largest absolute Gasteiger partial charge is 0.474 e. The van der Waals surface area contributed by atoms with E-state index in [0.29, 0.717) is 6.10 Å². The third kappa shape index (κ3) is 4.45. The molecule has 1 aliphatic carbocycles. The van der Waals surface area contributed by atoms with Gasteiger partial charge < -0.3 is 10.1 Å². The van der Waals surface area contributed by atoms with Crippen LogP contribution in [0.15, 0.2) is 24.5 Å². The van der Waals surface area contributed by atoms with Gasteiger partial charge >= 0.3 is 0 Å². The number of pyridine rings is 1. The van der Waals surface area contributed by atoms with E-state index < -0.39 is 0 Å². The second-order valence-corrected chi connectivity index (χ2v) is 5.65. The molecule has 0 aliphatic heterocycles. The van der Waals surface area contributed by atoms with E-state index in [9.17, 15) is 0 Å². The lowest BCUT2D eigenvalue weighted by Crippen LogP contribution is -2.14. The van der Waals surface area contributed by atoms with Gasteiger partial charge in [0.2, 0.25) is 5.88 Å². The SMILES string of the molecule is Cc1[nH]ncc1CNCc1ccc(OC2CCCC2)nc1.Cl. The van der Waals surface area contributed by atoms with Crippen molar-refractivity contribution in [2.24, 2.45) is 0 Å². The monoisotopic (exact) mass is 322 g/mol. The molecular weight excluding hydrogens is 300 g/mol. The molecule has 120 valence electrons. The zero-order valence-corrected chi connectivity index (χ0v) is 13.7. The zero-order valence-electron chi connectivity index (χ0n) is 12.8. The minimum absolute atomic E-state index is 0. The van der Waals surface area contributed by atoms with E-state index in [1.165, 1.54) is 18.4 Å². The minimum Gasteiger partial charge on any atom is -0.474 e. The average molecular weight is 323 g/mol. The van der Waals surface area contributed by atoms with Crippen LogP contribution in [0.3, 0.4) is 0 Å². The first-order valence-electron chi connectivity index (χ1n) is 7.62. The topological polar surface area (TPSA) is 62.8 Å². The smallest absolute Gasteiger partial charge is 0.213 e. The van der Waals surface area contributed by atoms with Crippen LogP contribution in [0, 0.1) is 6.92 Å². The van der Waals surface area contributed by atoms with E-state index in [1.807, 2.05) is 25.4 Å². The number of nitrogens with zero attached hydrogens (tertiary/aromatic N) is 2. The van der Waals surface area contributed by atoms with Crippen molar-refractivity contribution in [2.75, 3.05) is 0 Å². The maximum Gasteiger partial charge on any atom is 0.213 e. The zero-order chi connectivity index (χ0) is 14.5. The molecular formula is C16H23ClN4O. The van der Waals surface area contributed by atoms with E-state index in [1.54, 1.807) is 0 Å². The molecule has 3 rings (SSSR count). The molecule has 0 amide bonds. The third-order valence-corrected chi connectivity index (χ3v) is 3.97. The second kappa shape index (κ2) is 8.15. The van der Waals surface area contributed by atoms with E-state index in [-0.39, 0.29) is 12.4 Å². The molecule has 1 aliphatic rings. The summed E-state index contributed by atoms with van der Waals surface area (Å²) in [5, 5.41) is 10.4. The van der Waals surface area contributed by atoms with E-state index in [0.717, 1.165) is 43.1 Å². The molecule has 0 radical (unpaired) electrons. The molecule has 0 spiro atoms. The molecule has 6 heteroatoms. The highest BCUT2D eigenvalue weighted by Crippen LogP contribution is 2.22. The lowest BCUT2D eigenvalue weighted by atomic mass is 10.2. The van der Waals surface area contributed by atoms with Gasteiger partial charge in [-0.1, -0.05) is 6.07 Å². The van der Waals surface area contributed by atoms with Crippen molar-refractivity contribution in [1.29, 1.82) is 0 Å². The number of hydrogen-bond donors (Lipinski definition) is 2. The summed E-state index contributed by atoms with van der Waals surface area (Å²) in [7, 11) is 0. The molecule has 2 aromatic heterocycles. The number of aromatic nitrogens is 3. The van der Waals surface area contributed by atoms with E-state index in [4.69, 9.17) is 4.74 Å². The summed E-state index contributed by atoms with van der Waals surface area (Å²) < 4.78 is 5.87. The van der Waals surface area contributed by atoms with Crippen LogP contribution in [-0.4, -0.2) is 21.3 Å². The maximum atomic E-state index is 5.87. The molecule has 0 atom stereocenters. The third-order valence-electron chi connectivity index (χ3n) is 3.97. The molecule has 5 nitrogen and oxygen atoms in total. The summed E-state index contributed by atoms with van der Waals surface area (Å²) in [5.74, 6) is 0.747. The average Bonchev–Trinajstić information content (AvgIpc) is 3.13. The summed E-state index contributed by atoms with van der Waals surface area (Å²) in [5.41, 5.74) is 3.47. The molecule has 0 unspecified atom stereocenters. The fourth-order valence-corrected chi connectivity index (χ4v) is 2.66. The minimum atomic E-state index is 0. The highest BCUT2D eigenvalue weighted by atomic mass is 35.5. The molecule has 0 aromatic carbocycles. The van der Waals surface area contributed by atoms with Crippen molar-refractivity contribution in [3.8, 4) is 5.88 Å². The lowest BCUT2D eigenvalue weighted by Gasteiger charge is -2.12. The quantitative estimate of drug-likeness (QED) is 0.857. The standard InChI is InChI=1S/C16H22N4O.ClH/c1-12-14(11-19-20-12)10-17-8-13-6-7-16(18-9-13)21-15-4-2-3-5-15;/h6-7,9,11,15,17H,2-5,8,10H2,1H3,(H,19,20);1H. The van der Waals surface area contributed by atoms with Crippen LogP contribution < -0.4 is 10.1 Å². The van der Waals surface area contributed by atoms with Crippen molar-refractivity contribution < 1.29 is 4.74 Å². The van der Waals surface area contributed by atoms with E-state index in [2.05, 4.69) is 26.6 Å². The van der Waals surface area contributed by atoms with Crippen LogP contribution in [0.4, 0.5) is 0 Å². The van der Waals surface area contributed by atoms with Gasteiger partial charge in [-0.3, -0.25) is 5.10 Å². The molecule has 22 heavy (non-hydrogen) atoms. The summed E-state index contributed by atoms with van der Waals surface area (Å²) >= 11 is 0. The normalized spacial score (nSPS) is 14.8. The molecule has 1 saturated carbocycles. The van der Waals surface area contributed by atoms with Crippen molar-refractivity contribution in [2.45, 2.75) is 51.8 Å². The van der Waals surface area contributed by atoms with Crippen LogP contribution in [-0.2, 0) is 13.1 Å². The molecule has 1 fully saturated rings. The van der Waals surface area contributed by atoms with Crippen LogP contribution >= 0.6 is 12.4 Å². The summed E-state index contributed by atoms with van der Waals surface area (Å²) in [4.78, 5) is 4.39. The number of aryl methyl sites for hydroxylation is 1. The summed E-state index contributed by atoms with van der Waals surface area (Å²) in [6.45, 7) is 3.63.